The van der Waals surface area contributed by atoms with Crippen molar-refractivity contribution in [3.05, 3.63) is 39.7 Å². The van der Waals surface area contributed by atoms with E-state index >= 15 is 0 Å². The number of phenolic OH excluding ortho intramolecular Hbond substituents is 1. The molecule has 2 fully saturated rings. The Morgan fingerprint density at radius 2 is 2.03 bits per heavy atom. The smallest absolute Gasteiger partial charge is 0.336 e. The van der Waals surface area contributed by atoms with Gasteiger partial charge < -0.3 is 19.2 Å². The standard InChI is InChI=1S/C28H42N2O4/c1-3-4-9-21-18-27(32)34-28-23(21)12-13-26(31)24(28)20-29(14-8-17-33-2)19-22-10-7-16-30-15-6-5-11-25(22)30/h12-13,18,22,25,31H,3-11,14-17,19-20H2,1-2H3/t22-,25+/m0/s1. The monoisotopic (exact) mass is 470 g/mol. The number of hydrogen-bond acceptors (Lipinski definition) is 6. The molecule has 34 heavy (non-hydrogen) atoms. The number of rotatable bonds is 11. The van der Waals surface area contributed by atoms with Gasteiger partial charge in [-0.3, -0.25) is 4.90 Å². The maximum Gasteiger partial charge on any atom is 0.336 e. The van der Waals surface area contributed by atoms with Crippen LogP contribution in [0.1, 0.15) is 69.4 Å². The number of methoxy groups -OCH3 is 1. The number of fused-ring (bicyclic) bond motifs is 2. The Balaban J connectivity index is 1.61. The summed E-state index contributed by atoms with van der Waals surface area (Å²) >= 11 is 0. The van der Waals surface area contributed by atoms with Gasteiger partial charge in [0.2, 0.25) is 0 Å². The van der Waals surface area contributed by atoms with E-state index in [9.17, 15) is 9.90 Å². The summed E-state index contributed by atoms with van der Waals surface area (Å²) in [6, 6.07) is 5.96. The maximum absolute atomic E-state index is 12.4. The van der Waals surface area contributed by atoms with Crippen LogP contribution in [0.25, 0.3) is 11.0 Å². The van der Waals surface area contributed by atoms with Crippen LogP contribution in [0.3, 0.4) is 0 Å². The maximum atomic E-state index is 12.4. The van der Waals surface area contributed by atoms with Crippen molar-refractivity contribution in [1.82, 2.24) is 9.80 Å². The fourth-order valence-electron chi connectivity index (χ4n) is 6.08. The van der Waals surface area contributed by atoms with Crippen molar-refractivity contribution >= 4 is 11.0 Å². The molecule has 2 atom stereocenters. The highest BCUT2D eigenvalue weighted by molar-refractivity contribution is 5.85. The van der Waals surface area contributed by atoms with Crippen LogP contribution in [0.15, 0.2) is 27.4 Å². The Morgan fingerprint density at radius 1 is 1.18 bits per heavy atom. The molecule has 0 saturated carbocycles. The molecule has 0 unspecified atom stereocenters. The van der Waals surface area contributed by atoms with Gasteiger partial charge in [0, 0.05) is 50.8 Å². The number of phenols is 1. The number of hydrogen-bond donors (Lipinski definition) is 1. The van der Waals surface area contributed by atoms with E-state index in [1.54, 1.807) is 19.2 Å². The molecular formula is C28H42N2O4. The molecule has 6 heteroatoms. The molecule has 2 aliphatic heterocycles. The summed E-state index contributed by atoms with van der Waals surface area (Å²) in [7, 11) is 1.74. The van der Waals surface area contributed by atoms with E-state index in [1.165, 1.54) is 45.2 Å². The van der Waals surface area contributed by atoms with Crippen LogP contribution in [0, 0.1) is 5.92 Å². The molecular weight excluding hydrogens is 428 g/mol. The lowest BCUT2D eigenvalue weighted by molar-refractivity contribution is 0.0372. The second-order valence-electron chi connectivity index (χ2n) is 10.2. The average molecular weight is 471 g/mol. The molecule has 1 aromatic carbocycles. The fourth-order valence-corrected chi connectivity index (χ4v) is 6.08. The van der Waals surface area contributed by atoms with Crippen LogP contribution >= 0.6 is 0 Å². The number of unbranched alkanes of at least 4 members (excludes halogenated alkanes) is 1. The molecule has 4 rings (SSSR count). The summed E-state index contributed by atoms with van der Waals surface area (Å²) in [6.07, 6.45) is 10.4. The summed E-state index contributed by atoms with van der Waals surface area (Å²) < 4.78 is 11.1. The van der Waals surface area contributed by atoms with Crippen molar-refractivity contribution in [2.45, 2.75) is 77.3 Å². The second-order valence-corrected chi connectivity index (χ2v) is 10.2. The molecule has 0 aliphatic carbocycles. The molecule has 0 amide bonds. The molecule has 3 heterocycles. The molecule has 188 valence electrons. The van der Waals surface area contributed by atoms with E-state index in [0.717, 1.165) is 55.3 Å². The lowest BCUT2D eigenvalue weighted by Crippen LogP contribution is -2.51. The molecule has 0 bridgehead atoms. The van der Waals surface area contributed by atoms with Crippen LogP contribution in [0.4, 0.5) is 0 Å². The highest BCUT2D eigenvalue weighted by Crippen LogP contribution is 2.34. The summed E-state index contributed by atoms with van der Waals surface area (Å²) in [5.41, 5.74) is 1.98. The van der Waals surface area contributed by atoms with Crippen molar-refractivity contribution in [1.29, 1.82) is 0 Å². The minimum Gasteiger partial charge on any atom is -0.507 e. The summed E-state index contributed by atoms with van der Waals surface area (Å²) in [5.74, 6) is 0.851. The summed E-state index contributed by atoms with van der Waals surface area (Å²) in [5, 5.41) is 11.8. The van der Waals surface area contributed by atoms with Crippen LogP contribution in [0.5, 0.6) is 5.75 Å². The zero-order chi connectivity index (χ0) is 23.9. The zero-order valence-electron chi connectivity index (χ0n) is 21.1. The van der Waals surface area contributed by atoms with Gasteiger partial charge in [0.05, 0.1) is 5.56 Å². The number of ether oxygens (including phenoxy) is 1. The molecule has 2 aliphatic rings. The van der Waals surface area contributed by atoms with Crippen molar-refractivity contribution in [3.63, 3.8) is 0 Å². The zero-order valence-corrected chi connectivity index (χ0v) is 21.1. The van der Waals surface area contributed by atoms with Gasteiger partial charge in [0.15, 0.2) is 0 Å². The number of aryl methyl sites for hydroxylation is 1. The Morgan fingerprint density at radius 3 is 2.85 bits per heavy atom. The number of nitrogens with zero attached hydrogens (tertiary/aromatic N) is 2. The van der Waals surface area contributed by atoms with Gasteiger partial charge in [-0.15, -0.1) is 0 Å². The largest absolute Gasteiger partial charge is 0.507 e. The van der Waals surface area contributed by atoms with E-state index in [4.69, 9.17) is 9.15 Å². The highest BCUT2D eigenvalue weighted by Gasteiger charge is 2.34. The van der Waals surface area contributed by atoms with Gasteiger partial charge in [0.1, 0.15) is 11.3 Å². The summed E-state index contributed by atoms with van der Waals surface area (Å²) in [4.78, 5) is 17.6. The number of benzene rings is 1. The van der Waals surface area contributed by atoms with Crippen LogP contribution < -0.4 is 5.63 Å². The quantitative estimate of drug-likeness (QED) is 0.370. The van der Waals surface area contributed by atoms with Gasteiger partial charge >= 0.3 is 5.63 Å². The van der Waals surface area contributed by atoms with Gasteiger partial charge in [0.25, 0.3) is 0 Å². The molecule has 1 aromatic heterocycles. The van der Waals surface area contributed by atoms with Crippen LogP contribution in [-0.4, -0.2) is 60.8 Å². The van der Waals surface area contributed by atoms with Crippen molar-refractivity contribution < 1.29 is 14.3 Å². The van der Waals surface area contributed by atoms with Crippen molar-refractivity contribution in [2.75, 3.05) is 39.9 Å². The second kappa shape index (κ2) is 12.2. The van der Waals surface area contributed by atoms with E-state index in [0.29, 0.717) is 30.7 Å². The Labute approximate surface area is 203 Å². The molecule has 0 radical (unpaired) electrons. The molecule has 6 nitrogen and oxygen atoms in total. The number of aromatic hydroxyl groups is 1. The first kappa shape index (κ1) is 25.2. The molecule has 0 spiro atoms. The highest BCUT2D eigenvalue weighted by atomic mass is 16.5. The van der Waals surface area contributed by atoms with Crippen LogP contribution in [0.2, 0.25) is 0 Å². The Bertz CT molecular complexity index is 986. The summed E-state index contributed by atoms with van der Waals surface area (Å²) in [6.45, 7) is 7.82. The predicted octanol–water partition coefficient (Wildman–Crippen LogP) is 4.94. The minimum absolute atomic E-state index is 0.211. The third kappa shape index (κ3) is 6.02. The van der Waals surface area contributed by atoms with E-state index in [2.05, 4.69) is 16.7 Å². The fraction of sp³-hybridized carbons (Fsp3) is 0.679. The number of piperidine rings is 2. The normalized spacial score (nSPS) is 21.3. The Kier molecular flexibility index (Phi) is 9.04. The predicted molar refractivity (Wildman–Crippen MR) is 136 cm³/mol. The SMILES string of the molecule is CCCCc1cc(=O)oc2c(CN(CCCOC)C[C@@H]3CCCN4CCCC[C@H]34)c(O)ccc12. The van der Waals surface area contributed by atoms with Gasteiger partial charge in [-0.05, 0) is 81.6 Å². The van der Waals surface area contributed by atoms with E-state index in [-0.39, 0.29) is 11.4 Å². The van der Waals surface area contributed by atoms with Gasteiger partial charge in [-0.1, -0.05) is 19.8 Å². The van der Waals surface area contributed by atoms with Gasteiger partial charge in [-0.25, -0.2) is 4.79 Å². The molecule has 2 saturated heterocycles. The molecule has 2 aromatic rings. The van der Waals surface area contributed by atoms with Crippen LogP contribution in [-0.2, 0) is 17.7 Å². The first-order valence-electron chi connectivity index (χ1n) is 13.3. The Hall–Kier alpha value is -1.89. The van der Waals surface area contributed by atoms with Gasteiger partial charge in [-0.2, -0.15) is 0 Å². The average Bonchev–Trinajstić information content (AvgIpc) is 2.84. The lowest BCUT2D eigenvalue weighted by Gasteiger charge is -2.45. The minimum atomic E-state index is -0.332. The third-order valence-corrected chi connectivity index (χ3v) is 7.80. The van der Waals surface area contributed by atoms with E-state index in [1.807, 2.05) is 6.07 Å². The first-order chi connectivity index (χ1) is 16.6. The van der Waals surface area contributed by atoms with Crippen molar-refractivity contribution in [3.8, 4) is 5.75 Å². The van der Waals surface area contributed by atoms with E-state index < -0.39 is 0 Å². The first-order valence-corrected chi connectivity index (χ1v) is 13.3. The third-order valence-electron chi connectivity index (χ3n) is 7.80. The lowest BCUT2D eigenvalue weighted by atomic mass is 9.83. The van der Waals surface area contributed by atoms with Crippen molar-refractivity contribution in [2.24, 2.45) is 5.92 Å². The topological polar surface area (TPSA) is 66.2 Å². The molecule has 1 N–H and O–H groups in total.